The smallest absolute Gasteiger partial charge is 0.170 e. The number of nitriles is 1. The number of hydrogen-bond acceptors (Lipinski definition) is 5. The lowest BCUT2D eigenvalue weighted by molar-refractivity contribution is 0.415. The first kappa shape index (κ1) is 20.4. The fourth-order valence-electron chi connectivity index (χ4n) is 2.90. The van der Waals surface area contributed by atoms with Crippen LogP contribution < -0.4 is 20.7 Å². The highest BCUT2D eigenvalue weighted by Crippen LogP contribution is 2.21. The summed E-state index contributed by atoms with van der Waals surface area (Å²) in [5.41, 5.74) is 3.48. The molecule has 0 aliphatic heterocycles. The minimum atomic E-state index is 0.513. The number of hydrogen-bond donors (Lipinski definition) is 3. The van der Waals surface area contributed by atoms with Gasteiger partial charge in [-0.2, -0.15) is 5.26 Å². The Labute approximate surface area is 175 Å². The number of ether oxygens (including phenoxy) is 1. The van der Waals surface area contributed by atoms with Crippen LogP contribution in [0.5, 0.6) is 5.75 Å². The lowest BCUT2D eigenvalue weighted by Crippen LogP contribution is -2.32. The summed E-state index contributed by atoms with van der Waals surface area (Å²) in [6.07, 6.45) is 0.952. The largest absolute Gasteiger partial charge is 0.497 e. The van der Waals surface area contributed by atoms with Crippen LogP contribution in [0.15, 0.2) is 48.5 Å². The van der Waals surface area contributed by atoms with Crippen LogP contribution in [0.2, 0.25) is 0 Å². The van der Waals surface area contributed by atoms with E-state index in [9.17, 15) is 5.26 Å². The predicted molar refractivity (Wildman–Crippen MR) is 122 cm³/mol. The third kappa shape index (κ3) is 5.33. The Morgan fingerprint density at radius 2 is 2.03 bits per heavy atom. The Balaban J connectivity index is 1.56. The van der Waals surface area contributed by atoms with Crippen molar-refractivity contribution >= 4 is 39.7 Å². The maximum absolute atomic E-state index is 9.47. The molecule has 0 aliphatic carbocycles. The molecular weight excluding hydrogens is 382 g/mol. The Morgan fingerprint density at radius 1 is 1.17 bits per heavy atom. The number of aryl methyl sites for hydroxylation is 1. The van der Waals surface area contributed by atoms with Crippen molar-refractivity contribution in [2.75, 3.05) is 30.8 Å². The minimum Gasteiger partial charge on any atom is -0.497 e. The predicted octanol–water partition coefficient (Wildman–Crippen LogP) is 4.08. The maximum atomic E-state index is 9.47. The molecule has 7 heteroatoms. The first-order valence-electron chi connectivity index (χ1n) is 9.39. The van der Waals surface area contributed by atoms with E-state index in [4.69, 9.17) is 17.0 Å². The normalized spacial score (nSPS) is 10.2. The number of methoxy groups -OCH3 is 1. The van der Waals surface area contributed by atoms with E-state index in [0.717, 1.165) is 28.8 Å². The summed E-state index contributed by atoms with van der Waals surface area (Å²) in [7, 11) is 1.63. The van der Waals surface area contributed by atoms with Gasteiger partial charge >= 0.3 is 0 Å². The highest BCUT2D eigenvalue weighted by Gasteiger charge is 2.07. The first-order valence-corrected chi connectivity index (χ1v) is 9.80. The van der Waals surface area contributed by atoms with Crippen molar-refractivity contribution in [3.63, 3.8) is 0 Å². The Hall–Kier alpha value is -3.37. The third-order valence-corrected chi connectivity index (χ3v) is 4.68. The van der Waals surface area contributed by atoms with Gasteiger partial charge in [0.05, 0.1) is 18.2 Å². The van der Waals surface area contributed by atoms with E-state index >= 15 is 0 Å². The quantitative estimate of drug-likeness (QED) is 0.404. The van der Waals surface area contributed by atoms with E-state index in [1.807, 2.05) is 36.4 Å². The van der Waals surface area contributed by atoms with Crippen molar-refractivity contribution in [1.82, 2.24) is 10.3 Å². The molecule has 1 aromatic heterocycles. The molecule has 0 atom stereocenters. The second-order valence-electron chi connectivity index (χ2n) is 6.42. The summed E-state index contributed by atoms with van der Waals surface area (Å²) in [6.45, 7) is 3.26. The number of benzene rings is 2. The number of pyridine rings is 1. The van der Waals surface area contributed by atoms with Gasteiger partial charge in [0.1, 0.15) is 17.6 Å². The molecule has 3 rings (SSSR count). The van der Waals surface area contributed by atoms with Crippen LogP contribution in [0.4, 0.5) is 11.5 Å². The molecule has 0 spiro atoms. The van der Waals surface area contributed by atoms with E-state index in [1.165, 1.54) is 5.56 Å². The van der Waals surface area contributed by atoms with E-state index in [2.05, 4.69) is 46.1 Å². The van der Waals surface area contributed by atoms with Gasteiger partial charge < -0.3 is 20.7 Å². The van der Waals surface area contributed by atoms with Gasteiger partial charge in [0.25, 0.3) is 0 Å². The van der Waals surface area contributed by atoms with Crippen LogP contribution in [0.3, 0.4) is 0 Å². The number of thiocarbonyl (C=S) groups is 1. The molecule has 3 aromatic rings. The molecule has 2 aromatic carbocycles. The Morgan fingerprint density at radius 3 is 2.79 bits per heavy atom. The zero-order valence-corrected chi connectivity index (χ0v) is 17.3. The van der Waals surface area contributed by atoms with Gasteiger partial charge in [0, 0.05) is 30.2 Å². The van der Waals surface area contributed by atoms with Crippen molar-refractivity contribution in [2.24, 2.45) is 0 Å². The Kier molecular flexibility index (Phi) is 6.82. The van der Waals surface area contributed by atoms with Gasteiger partial charge in [-0.15, -0.1) is 0 Å². The molecular formula is C22H23N5OS. The van der Waals surface area contributed by atoms with Crippen molar-refractivity contribution in [3.05, 3.63) is 59.7 Å². The van der Waals surface area contributed by atoms with Gasteiger partial charge in [-0.1, -0.05) is 19.1 Å². The maximum Gasteiger partial charge on any atom is 0.170 e. The molecule has 1 heterocycles. The number of fused-ring (bicyclic) bond motifs is 1. The van der Waals surface area contributed by atoms with Crippen LogP contribution in [0, 0.1) is 11.3 Å². The van der Waals surface area contributed by atoms with Gasteiger partial charge in [-0.25, -0.2) is 4.98 Å². The number of aromatic nitrogens is 1. The van der Waals surface area contributed by atoms with Crippen LogP contribution >= 0.6 is 12.2 Å². The zero-order valence-electron chi connectivity index (χ0n) is 16.5. The summed E-state index contributed by atoms with van der Waals surface area (Å²) in [4.78, 5) is 4.60. The van der Waals surface area contributed by atoms with E-state index < -0.39 is 0 Å². The third-order valence-electron chi connectivity index (χ3n) is 4.44. The van der Waals surface area contributed by atoms with Gasteiger partial charge in [0.15, 0.2) is 5.11 Å². The fourth-order valence-corrected chi connectivity index (χ4v) is 3.12. The van der Waals surface area contributed by atoms with E-state index in [0.29, 0.717) is 29.6 Å². The summed E-state index contributed by atoms with van der Waals surface area (Å²) < 4.78 is 5.20. The summed E-state index contributed by atoms with van der Waals surface area (Å²) >= 11 is 5.32. The minimum absolute atomic E-state index is 0.513. The molecule has 0 bridgehead atoms. The molecule has 0 fully saturated rings. The van der Waals surface area contributed by atoms with Crippen LogP contribution in [0.1, 0.15) is 18.1 Å². The second kappa shape index (κ2) is 9.71. The average molecular weight is 406 g/mol. The summed E-state index contributed by atoms with van der Waals surface area (Å²) in [5.74, 6) is 1.34. The topological polar surface area (TPSA) is 82.0 Å². The molecule has 0 unspecified atom stereocenters. The molecule has 0 aliphatic rings. The van der Waals surface area contributed by atoms with Crippen molar-refractivity contribution in [1.29, 1.82) is 5.26 Å². The van der Waals surface area contributed by atoms with Crippen molar-refractivity contribution < 1.29 is 4.74 Å². The lowest BCUT2D eigenvalue weighted by atomic mass is 10.1. The molecule has 148 valence electrons. The van der Waals surface area contributed by atoms with E-state index in [1.54, 1.807) is 7.11 Å². The van der Waals surface area contributed by atoms with Crippen LogP contribution in [0.25, 0.3) is 10.9 Å². The highest BCUT2D eigenvalue weighted by atomic mass is 32.1. The van der Waals surface area contributed by atoms with Gasteiger partial charge in [-0.05, 0) is 54.5 Å². The monoisotopic (exact) mass is 405 g/mol. The molecule has 29 heavy (non-hydrogen) atoms. The number of anilines is 2. The molecule has 0 radical (unpaired) electrons. The van der Waals surface area contributed by atoms with Gasteiger partial charge in [0.2, 0.25) is 0 Å². The highest BCUT2D eigenvalue weighted by molar-refractivity contribution is 7.80. The summed E-state index contributed by atoms with van der Waals surface area (Å²) in [6, 6.07) is 17.8. The second-order valence-corrected chi connectivity index (χ2v) is 6.82. The Bertz CT molecular complexity index is 1060. The number of nitrogens with one attached hydrogen (secondary N) is 3. The number of rotatable bonds is 7. The average Bonchev–Trinajstić information content (AvgIpc) is 2.75. The van der Waals surface area contributed by atoms with Crippen LogP contribution in [-0.2, 0) is 6.42 Å². The molecule has 0 saturated heterocycles. The van der Waals surface area contributed by atoms with Crippen molar-refractivity contribution in [3.8, 4) is 11.8 Å². The molecule has 0 amide bonds. The molecule has 3 N–H and O–H groups in total. The fraction of sp³-hybridized carbons (Fsp3) is 0.227. The first-order chi connectivity index (χ1) is 14.1. The standard InChI is InChI=1S/C22H23N5OS/c1-3-15-7-8-20-16(11-15)12-17(14-23)21(27-20)24-9-10-25-22(29)26-18-5-4-6-19(13-18)28-2/h4-8,11-13H,3,9-10H2,1-2H3,(H,24,27)(H2,25,26,29). The molecule has 6 nitrogen and oxygen atoms in total. The van der Waals surface area contributed by atoms with Crippen molar-refractivity contribution in [2.45, 2.75) is 13.3 Å². The molecule has 0 saturated carbocycles. The van der Waals surface area contributed by atoms with E-state index in [-0.39, 0.29) is 0 Å². The summed E-state index contributed by atoms with van der Waals surface area (Å²) in [5, 5.41) is 20.4. The van der Waals surface area contributed by atoms with Crippen LogP contribution in [-0.4, -0.2) is 30.3 Å². The SMILES string of the molecule is CCc1ccc2nc(NCCNC(=S)Nc3cccc(OC)c3)c(C#N)cc2c1. The zero-order chi connectivity index (χ0) is 20.6. The lowest BCUT2D eigenvalue weighted by Gasteiger charge is -2.13. The van der Waals surface area contributed by atoms with Gasteiger partial charge in [-0.3, -0.25) is 0 Å². The number of nitrogens with zero attached hydrogens (tertiary/aromatic N) is 2.